The molecule has 1 aliphatic heterocycles. The molecule has 22 heavy (non-hydrogen) atoms. The number of hydrogen-bond donors (Lipinski definition) is 1. The molecule has 1 unspecified atom stereocenters. The van der Waals surface area contributed by atoms with Crippen molar-refractivity contribution in [3.05, 3.63) is 57.8 Å². The highest BCUT2D eigenvalue weighted by atomic mass is 32.2. The number of rotatable bonds is 2. The number of benzene rings is 1. The summed E-state index contributed by atoms with van der Waals surface area (Å²) in [6.07, 6.45) is 0.721. The Morgan fingerprint density at radius 3 is 3.00 bits per heavy atom. The van der Waals surface area contributed by atoms with E-state index >= 15 is 0 Å². The van der Waals surface area contributed by atoms with E-state index in [9.17, 15) is 14.0 Å². The van der Waals surface area contributed by atoms with Gasteiger partial charge in [0.05, 0.1) is 6.04 Å². The lowest BCUT2D eigenvalue weighted by molar-refractivity contribution is 0.0927. The minimum absolute atomic E-state index is 0.165. The molecule has 7 heteroatoms. The zero-order valence-corrected chi connectivity index (χ0v) is 12.7. The summed E-state index contributed by atoms with van der Waals surface area (Å²) >= 11 is 1.65. The van der Waals surface area contributed by atoms with Gasteiger partial charge in [-0.05, 0) is 36.2 Å². The fraction of sp³-hybridized carbons (Fsp3) is 0.267. The molecule has 1 aromatic carbocycles. The van der Waals surface area contributed by atoms with Crippen LogP contribution in [0.3, 0.4) is 0 Å². The number of halogens is 1. The van der Waals surface area contributed by atoms with E-state index in [1.165, 1.54) is 31.3 Å². The minimum Gasteiger partial charge on any atom is -0.344 e. The maximum Gasteiger partial charge on any atom is 0.272 e. The number of aromatic nitrogens is 2. The van der Waals surface area contributed by atoms with Gasteiger partial charge in [-0.25, -0.2) is 9.07 Å². The van der Waals surface area contributed by atoms with Crippen LogP contribution in [0, 0.1) is 5.82 Å². The Balaban J connectivity index is 1.85. The van der Waals surface area contributed by atoms with Gasteiger partial charge in [0.25, 0.3) is 11.5 Å². The van der Waals surface area contributed by atoms with E-state index in [0.29, 0.717) is 0 Å². The highest BCUT2D eigenvalue weighted by Crippen LogP contribution is 2.36. The monoisotopic (exact) mass is 319 g/mol. The van der Waals surface area contributed by atoms with E-state index in [1.54, 1.807) is 17.8 Å². The third kappa shape index (κ3) is 2.89. The standard InChI is InChI=1S/C15H14FN3O2S/c1-19-14(20)5-3-12(18-19)15(21)17-11-6-7-22-13-4-2-9(16)8-10(11)13/h2-5,8,11H,6-7H2,1H3,(H,17,21). The SMILES string of the molecule is Cn1nc(C(=O)NC2CCSc3ccc(F)cc32)ccc1=O. The van der Waals surface area contributed by atoms with Crippen molar-refractivity contribution in [2.24, 2.45) is 7.05 Å². The summed E-state index contributed by atoms with van der Waals surface area (Å²) in [6, 6.07) is 7.05. The van der Waals surface area contributed by atoms with Gasteiger partial charge < -0.3 is 5.32 Å². The van der Waals surface area contributed by atoms with Gasteiger partial charge in [0.15, 0.2) is 0 Å². The average molecular weight is 319 g/mol. The minimum atomic E-state index is -0.372. The number of thioether (sulfide) groups is 1. The number of carbonyl (C=O) groups excluding carboxylic acids is 1. The van der Waals surface area contributed by atoms with E-state index in [-0.39, 0.29) is 29.0 Å². The number of fused-ring (bicyclic) bond motifs is 1. The summed E-state index contributed by atoms with van der Waals surface area (Å²) in [7, 11) is 1.49. The summed E-state index contributed by atoms with van der Waals surface area (Å²) in [5.41, 5.74) is 0.672. The zero-order valence-electron chi connectivity index (χ0n) is 11.9. The van der Waals surface area contributed by atoms with Crippen LogP contribution in [0.1, 0.15) is 28.5 Å². The van der Waals surface area contributed by atoms with Crippen LogP contribution in [0.4, 0.5) is 4.39 Å². The topological polar surface area (TPSA) is 64.0 Å². The second-order valence-corrected chi connectivity index (χ2v) is 6.16. The Morgan fingerprint density at radius 1 is 1.41 bits per heavy atom. The van der Waals surface area contributed by atoms with Crippen LogP contribution >= 0.6 is 11.8 Å². The van der Waals surface area contributed by atoms with Crippen LogP contribution in [0.5, 0.6) is 0 Å². The molecule has 0 fully saturated rings. The molecule has 114 valence electrons. The molecule has 1 N–H and O–H groups in total. The first-order valence-electron chi connectivity index (χ1n) is 6.82. The Hall–Kier alpha value is -2.15. The van der Waals surface area contributed by atoms with E-state index < -0.39 is 0 Å². The first-order chi connectivity index (χ1) is 10.5. The lowest BCUT2D eigenvalue weighted by Crippen LogP contribution is -2.33. The van der Waals surface area contributed by atoms with Crippen molar-refractivity contribution in [2.75, 3.05) is 5.75 Å². The lowest BCUT2D eigenvalue weighted by Gasteiger charge is -2.25. The van der Waals surface area contributed by atoms with Gasteiger partial charge in [-0.2, -0.15) is 5.10 Å². The van der Waals surface area contributed by atoms with Gasteiger partial charge in [0.1, 0.15) is 11.5 Å². The van der Waals surface area contributed by atoms with Crippen LogP contribution < -0.4 is 10.9 Å². The maximum absolute atomic E-state index is 13.5. The molecule has 1 aliphatic rings. The molecule has 0 radical (unpaired) electrons. The molecule has 0 spiro atoms. The Bertz CT molecular complexity index is 791. The number of aryl methyl sites for hydroxylation is 1. The van der Waals surface area contributed by atoms with Crippen molar-refractivity contribution in [1.82, 2.24) is 15.1 Å². The molecule has 1 amide bonds. The summed E-state index contributed by atoms with van der Waals surface area (Å²) in [5, 5.41) is 6.79. The first kappa shape index (κ1) is 14.8. The van der Waals surface area contributed by atoms with Crippen molar-refractivity contribution in [3.63, 3.8) is 0 Å². The molecule has 1 aromatic heterocycles. The predicted octanol–water partition coefficient (Wildman–Crippen LogP) is 1.89. The fourth-order valence-corrected chi connectivity index (χ4v) is 3.48. The normalized spacial score (nSPS) is 16.9. The van der Waals surface area contributed by atoms with E-state index in [2.05, 4.69) is 10.4 Å². The van der Waals surface area contributed by atoms with Crippen molar-refractivity contribution >= 4 is 17.7 Å². The number of hydrogen-bond acceptors (Lipinski definition) is 4. The maximum atomic E-state index is 13.5. The zero-order chi connectivity index (χ0) is 15.7. The van der Waals surface area contributed by atoms with Crippen molar-refractivity contribution in [1.29, 1.82) is 0 Å². The van der Waals surface area contributed by atoms with Gasteiger partial charge >= 0.3 is 0 Å². The van der Waals surface area contributed by atoms with Crippen molar-refractivity contribution in [3.8, 4) is 0 Å². The molecule has 3 rings (SSSR count). The largest absolute Gasteiger partial charge is 0.344 e. The summed E-state index contributed by atoms with van der Waals surface area (Å²) in [4.78, 5) is 24.6. The second kappa shape index (κ2) is 5.92. The Labute approximate surface area is 130 Å². The van der Waals surface area contributed by atoms with Crippen LogP contribution in [0.2, 0.25) is 0 Å². The predicted molar refractivity (Wildman–Crippen MR) is 81.4 cm³/mol. The molecular formula is C15H14FN3O2S. The van der Waals surface area contributed by atoms with E-state index in [4.69, 9.17) is 0 Å². The highest BCUT2D eigenvalue weighted by Gasteiger charge is 2.23. The smallest absolute Gasteiger partial charge is 0.272 e. The van der Waals surface area contributed by atoms with Crippen LogP contribution in [-0.4, -0.2) is 21.4 Å². The summed E-state index contributed by atoms with van der Waals surface area (Å²) < 4.78 is 14.6. The third-order valence-electron chi connectivity index (χ3n) is 3.51. The average Bonchev–Trinajstić information content (AvgIpc) is 2.50. The van der Waals surface area contributed by atoms with Crippen LogP contribution in [0.15, 0.2) is 40.0 Å². The van der Waals surface area contributed by atoms with Gasteiger partial charge in [0, 0.05) is 23.8 Å². The molecule has 0 saturated heterocycles. The lowest BCUT2D eigenvalue weighted by atomic mass is 10.0. The first-order valence-corrected chi connectivity index (χ1v) is 7.80. The van der Waals surface area contributed by atoms with Gasteiger partial charge in [-0.3, -0.25) is 9.59 Å². The number of nitrogens with zero attached hydrogens (tertiary/aromatic N) is 2. The molecule has 0 saturated carbocycles. The quantitative estimate of drug-likeness (QED) is 0.918. The van der Waals surface area contributed by atoms with Crippen LogP contribution in [-0.2, 0) is 7.05 Å². The molecule has 0 aliphatic carbocycles. The molecule has 0 bridgehead atoms. The second-order valence-electron chi connectivity index (χ2n) is 5.03. The van der Waals surface area contributed by atoms with Crippen LogP contribution in [0.25, 0.3) is 0 Å². The van der Waals surface area contributed by atoms with Gasteiger partial charge in [-0.1, -0.05) is 0 Å². The molecule has 5 nitrogen and oxygen atoms in total. The number of carbonyl (C=O) groups is 1. The van der Waals surface area contributed by atoms with E-state index in [1.807, 2.05) is 0 Å². The fourth-order valence-electron chi connectivity index (χ4n) is 2.37. The molecule has 2 aromatic rings. The third-order valence-corrected chi connectivity index (χ3v) is 4.63. The highest BCUT2D eigenvalue weighted by molar-refractivity contribution is 7.99. The van der Waals surface area contributed by atoms with Crippen molar-refractivity contribution in [2.45, 2.75) is 17.4 Å². The Morgan fingerprint density at radius 2 is 2.23 bits per heavy atom. The number of amides is 1. The number of nitrogens with one attached hydrogen (secondary N) is 1. The van der Waals surface area contributed by atoms with Crippen molar-refractivity contribution < 1.29 is 9.18 Å². The Kier molecular flexibility index (Phi) is 3.98. The molecular weight excluding hydrogens is 305 g/mol. The van der Waals surface area contributed by atoms with Gasteiger partial charge in [-0.15, -0.1) is 11.8 Å². The summed E-state index contributed by atoms with van der Waals surface area (Å²) in [6.45, 7) is 0. The molecule has 1 atom stereocenters. The van der Waals surface area contributed by atoms with Gasteiger partial charge in [0.2, 0.25) is 0 Å². The summed E-state index contributed by atoms with van der Waals surface area (Å²) in [5.74, 6) is 0.160. The molecule has 2 heterocycles. The van der Waals surface area contributed by atoms with E-state index in [0.717, 1.165) is 27.3 Å².